The molecule has 4 aromatic rings. The number of nitrogens with zero attached hydrogens (tertiary/aromatic N) is 2. The summed E-state index contributed by atoms with van der Waals surface area (Å²) < 4.78 is 52.4. The molecule has 2 aromatic heterocycles. The van der Waals surface area contributed by atoms with Gasteiger partial charge in [0.25, 0.3) is 5.91 Å². The molecule has 5 rings (SSSR count). The Balaban J connectivity index is 1.39. The maximum atomic E-state index is 15.1. The van der Waals surface area contributed by atoms with Crippen LogP contribution in [0.15, 0.2) is 55.0 Å². The maximum Gasteiger partial charge on any atom is 0.261 e. The first kappa shape index (κ1) is 26.1. The van der Waals surface area contributed by atoms with E-state index in [9.17, 15) is 9.90 Å². The number of aromatic nitrogens is 2. The highest BCUT2D eigenvalue weighted by atomic mass is 19.1. The highest BCUT2D eigenvalue weighted by molar-refractivity contribution is 6.06. The lowest BCUT2D eigenvalue weighted by Gasteiger charge is -2.15. The lowest BCUT2D eigenvalue weighted by Crippen LogP contribution is -2.15. The minimum Gasteiger partial charge on any atom is -0.493 e. The zero-order valence-corrected chi connectivity index (χ0v) is 21.1. The average molecular weight is 538 g/mol. The van der Waals surface area contributed by atoms with Gasteiger partial charge in [-0.25, -0.2) is 8.78 Å². The van der Waals surface area contributed by atoms with E-state index in [2.05, 4.69) is 15.3 Å². The van der Waals surface area contributed by atoms with Crippen molar-refractivity contribution in [2.24, 2.45) is 0 Å². The van der Waals surface area contributed by atoms with E-state index < -0.39 is 29.4 Å². The standard InChI is InChI=1S/C28H25F2N3O6/c1-15(34)14-37-26-12-22-18(11-25(26)36-2)23(6-8-32-22)39-27-20(29)9-16(10-21(27)30)33-28(35)19-13-31-7-5-24(19)38-17-3-4-17/h5-13,15,17,34H,3-4,14H2,1-2H3,(H,33,35)/t15-/m0/s1. The number of fused-ring (bicyclic) bond motifs is 1. The predicted molar refractivity (Wildman–Crippen MR) is 138 cm³/mol. The number of anilines is 1. The third kappa shape index (κ3) is 5.99. The second kappa shape index (κ2) is 11.1. The van der Waals surface area contributed by atoms with Crippen molar-refractivity contribution in [1.29, 1.82) is 0 Å². The molecule has 11 heteroatoms. The van der Waals surface area contributed by atoms with Crippen molar-refractivity contribution < 1.29 is 37.6 Å². The van der Waals surface area contributed by atoms with Crippen LogP contribution in [-0.4, -0.2) is 46.9 Å². The molecular formula is C28H25F2N3O6. The largest absolute Gasteiger partial charge is 0.493 e. The number of rotatable bonds is 10. The SMILES string of the molecule is COc1cc2c(Oc3c(F)cc(NC(=O)c4cnccc4OC4CC4)cc3F)ccnc2cc1OC[C@H](C)O. The van der Waals surface area contributed by atoms with Crippen LogP contribution in [0.3, 0.4) is 0 Å². The number of aliphatic hydroxyl groups excluding tert-OH is 1. The fourth-order valence-corrected chi connectivity index (χ4v) is 3.76. The van der Waals surface area contributed by atoms with E-state index in [-0.39, 0.29) is 29.7 Å². The molecule has 0 aliphatic heterocycles. The molecule has 0 radical (unpaired) electrons. The summed E-state index contributed by atoms with van der Waals surface area (Å²) in [5, 5.41) is 12.4. The maximum absolute atomic E-state index is 15.1. The van der Waals surface area contributed by atoms with Crippen LogP contribution in [0.2, 0.25) is 0 Å². The number of carbonyl (C=O) groups excluding carboxylic acids is 1. The Labute approximate surface area is 222 Å². The molecule has 1 fully saturated rings. The van der Waals surface area contributed by atoms with Gasteiger partial charge < -0.3 is 29.4 Å². The molecule has 202 valence electrons. The van der Waals surface area contributed by atoms with Gasteiger partial charge in [0.15, 0.2) is 28.9 Å². The Kier molecular flexibility index (Phi) is 7.42. The minimum absolute atomic E-state index is 0.0347. The van der Waals surface area contributed by atoms with Crippen molar-refractivity contribution in [2.45, 2.75) is 32.0 Å². The van der Waals surface area contributed by atoms with E-state index in [1.807, 2.05) is 0 Å². The van der Waals surface area contributed by atoms with Gasteiger partial charge in [-0.1, -0.05) is 0 Å². The van der Waals surface area contributed by atoms with Crippen molar-refractivity contribution in [3.8, 4) is 28.7 Å². The number of halogens is 2. The second-order valence-corrected chi connectivity index (χ2v) is 9.00. The topological polar surface area (TPSA) is 112 Å². The van der Waals surface area contributed by atoms with E-state index in [1.165, 1.54) is 31.8 Å². The number of hydrogen-bond acceptors (Lipinski definition) is 8. The molecule has 2 heterocycles. The molecular weight excluding hydrogens is 512 g/mol. The summed E-state index contributed by atoms with van der Waals surface area (Å²) in [4.78, 5) is 21.0. The zero-order chi connectivity index (χ0) is 27.5. The van der Waals surface area contributed by atoms with Crippen molar-refractivity contribution in [3.05, 3.63) is 72.2 Å². The minimum atomic E-state index is -1.03. The summed E-state index contributed by atoms with van der Waals surface area (Å²) in [6.45, 7) is 1.62. The first-order valence-corrected chi connectivity index (χ1v) is 12.2. The molecule has 0 bridgehead atoms. The Bertz CT molecular complexity index is 1500. The molecule has 2 aromatic carbocycles. The van der Waals surface area contributed by atoms with Crippen molar-refractivity contribution >= 4 is 22.5 Å². The summed E-state index contributed by atoms with van der Waals surface area (Å²) in [5.41, 5.74) is 0.462. The summed E-state index contributed by atoms with van der Waals surface area (Å²) in [6, 6.07) is 8.08. The Hall–Kier alpha value is -4.51. The number of aliphatic hydroxyl groups is 1. The number of ether oxygens (including phenoxy) is 4. The molecule has 39 heavy (non-hydrogen) atoms. The van der Waals surface area contributed by atoms with E-state index in [0.717, 1.165) is 25.0 Å². The van der Waals surface area contributed by atoms with Crippen LogP contribution in [0, 0.1) is 11.6 Å². The van der Waals surface area contributed by atoms with Gasteiger partial charge in [-0.3, -0.25) is 14.8 Å². The third-order valence-corrected chi connectivity index (χ3v) is 5.78. The third-order valence-electron chi connectivity index (χ3n) is 5.78. The number of methoxy groups -OCH3 is 1. The van der Waals surface area contributed by atoms with E-state index in [0.29, 0.717) is 28.2 Å². The van der Waals surface area contributed by atoms with Crippen LogP contribution in [0.1, 0.15) is 30.1 Å². The lowest BCUT2D eigenvalue weighted by molar-refractivity contribution is 0.102. The first-order chi connectivity index (χ1) is 18.8. The molecule has 1 aliphatic carbocycles. The van der Waals surface area contributed by atoms with E-state index >= 15 is 8.78 Å². The van der Waals surface area contributed by atoms with Gasteiger partial charge in [-0.2, -0.15) is 0 Å². The number of amides is 1. The molecule has 0 unspecified atom stereocenters. The van der Waals surface area contributed by atoms with Crippen LogP contribution in [0.5, 0.6) is 28.7 Å². The van der Waals surface area contributed by atoms with Crippen molar-refractivity contribution in [1.82, 2.24) is 9.97 Å². The van der Waals surface area contributed by atoms with Crippen LogP contribution < -0.4 is 24.3 Å². The smallest absolute Gasteiger partial charge is 0.261 e. The Morgan fingerprint density at radius 3 is 2.51 bits per heavy atom. The number of nitrogens with one attached hydrogen (secondary N) is 1. The normalized spacial score (nSPS) is 13.6. The van der Waals surface area contributed by atoms with E-state index in [1.54, 1.807) is 25.1 Å². The summed E-state index contributed by atoms with van der Waals surface area (Å²) in [5.74, 6) is -2.20. The second-order valence-electron chi connectivity index (χ2n) is 9.00. The van der Waals surface area contributed by atoms with Crippen LogP contribution >= 0.6 is 0 Å². The number of carbonyl (C=O) groups is 1. The number of pyridine rings is 2. The van der Waals surface area contributed by atoms with Gasteiger partial charge in [0.2, 0.25) is 0 Å². The molecule has 9 nitrogen and oxygen atoms in total. The van der Waals surface area contributed by atoms with Crippen LogP contribution in [-0.2, 0) is 0 Å². The molecule has 1 saturated carbocycles. The van der Waals surface area contributed by atoms with Crippen LogP contribution in [0.25, 0.3) is 10.9 Å². The van der Waals surface area contributed by atoms with Gasteiger partial charge in [-0.15, -0.1) is 0 Å². The van der Waals surface area contributed by atoms with Gasteiger partial charge in [0, 0.05) is 47.9 Å². The van der Waals surface area contributed by atoms with Crippen molar-refractivity contribution in [2.75, 3.05) is 19.0 Å². The zero-order valence-electron chi connectivity index (χ0n) is 21.1. The summed E-state index contributed by atoms with van der Waals surface area (Å²) in [6.07, 6.45) is 5.41. The number of benzene rings is 2. The lowest BCUT2D eigenvalue weighted by atomic mass is 10.1. The van der Waals surface area contributed by atoms with Crippen molar-refractivity contribution in [3.63, 3.8) is 0 Å². The first-order valence-electron chi connectivity index (χ1n) is 12.2. The number of hydrogen-bond donors (Lipinski definition) is 2. The molecule has 1 atom stereocenters. The summed E-state index contributed by atoms with van der Waals surface area (Å²) >= 11 is 0. The van der Waals surface area contributed by atoms with Gasteiger partial charge >= 0.3 is 0 Å². The van der Waals surface area contributed by atoms with Gasteiger partial charge in [-0.05, 0) is 38.0 Å². The molecule has 0 spiro atoms. The molecule has 1 amide bonds. The molecule has 1 aliphatic rings. The van der Waals surface area contributed by atoms with Gasteiger partial charge in [0.1, 0.15) is 18.1 Å². The Morgan fingerprint density at radius 2 is 1.82 bits per heavy atom. The predicted octanol–water partition coefficient (Wildman–Crippen LogP) is 5.26. The Morgan fingerprint density at radius 1 is 1.08 bits per heavy atom. The molecule has 2 N–H and O–H groups in total. The summed E-state index contributed by atoms with van der Waals surface area (Å²) in [7, 11) is 1.44. The highest BCUT2D eigenvalue weighted by Crippen LogP contribution is 2.39. The molecule has 0 saturated heterocycles. The van der Waals surface area contributed by atoms with E-state index in [4.69, 9.17) is 18.9 Å². The fourth-order valence-electron chi connectivity index (χ4n) is 3.76. The quantitative estimate of drug-likeness (QED) is 0.282. The highest BCUT2D eigenvalue weighted by Gasteiger charge is 2.26. The van der Waals surface area contributed by atoms with Gasteiger partial charge in [0.05, 0.1) is 30.4 Å². The monoisotopic (exact) mass is 537 g/mol. The fraction of sp³-hybridized carbons (Fsp3) is 0.250. The van der Waals surface area contributed by atoms with Crippen LogP contribution in [0.4, 0.5) is 14.5 Å². The average Bonchev–Trinajstić information content (AvgIpc) is 3.73.